The third-order valence-electron chi connectivity index (χ3n) is 2.32. The van der Waals surface area contributed by atoms with E-state index in [2.05, 4.69) is 10.5 Å². The Balaban J connectivity index is 2.13. The van der Waals surface area contributed by atoms with Crippen LogP contribution in [0.4, 0.5) is 10.1 Å². The van der Waals surface area contributed by atoms with Crippen LogP contribution in [0.5, 0.6) is 0 Å². The van der Waals surface area contributed by atoms with Crippen LogP contribution >= 0.6 is 11.6 Å². The van der Waals surface area contributed by atoms with Crippen molar-refractivity contribution in [2.24, 2.45) is 0 Å². The van der Waals surface area contributed by atoms with Gasteiger partial charge in [-0.3, -0.25) is 4.79 Å². The summed E-state index contributed by atoms with van der Waals surface area (Å²) in [6.45, 7) is 1.89. The standard InChI is InChI=1S/C12H10ClFN2O2/c1-2-8-6-11(16-18-8)12(17)15-7-3-4-10(14)9(13)5-7/h3-6H,2H2,1H3,(H,15,17). The van der Waals surface area contributed by atoms with E-state index in [1.54, 1.807) is 6.07 Å². The van der Waals surface area contributed by atoms with Gasteiger partial charge in [-0.25, -0.2) is 4.39 Å². The molecule has 1 amide bonds. The average Bonchev–Trinajstić information content (AvgIpc) is 2.82. The van der Waals surface area contributed by atoms with Gasteiger partial charge in [0.05, 0.1) is 5.02 Å². The Hall–Kier alpha value is -1.88. The molecule has 1 aromatic carbocycles. The first-order valence-electron chi connectivity index (χ1n) is 5.32. The second kappa shape index (κ2) is 5.18. The van der Waals surface area contributed by atoms with Crippen LogP contribution in [0.2, 0.25) is 5.02 Å². The molecule has 0 spiro atoms. The molecule has 2 rings (SSSR count). The number of halogens is 2. The molecule has 0 atom stereocenters. The summed E-state index contributed by atoms with van der Waals surface area (Å²) in [6, 6.07) is 5.48. The molecule has 0 saturated carbocycles. The highest BCUT2D eigenvalue weighted by Crippen LogP contribution is 2.19. The smallest absolute Gasteiger partial charge is 0.277 e. The Morgan fingerprint density at radius 1 is 1.50 bits per heavy atom. The van der Waals surface area contributed by atoms with Gasteiger partial charge in [0.1, 0.15) is 11.6 Å². The number of rotatable bonds is 3. The summed E-state index contributed by atoms with van der Waals surface area (Å²) in [7, 11) is 0. The van der Waals surface area contributed by atoms with Gasteiger partial charge in [-0.15, -0.1) is 0 Å². The fourth-order valence-corrected chi connectivity index (χ4v) is 1.54. The summed E-state index contributed by atoms with van der Waals surface area (Å²) in [5.41, 5.74) is 0.569. The molecule has 1 aromatic heterocycles. The van der Waals surface area contributed by atoms with E-state index in [-0.39, 0.29) is 10.7 Å². The molecule has 1 N–H and O–H groups in total. The number of hydrogen-bond acceptors (Lipinski definition) is 3. The van der Waals surface area contributed by atoms with Gasteiger partial charge in [0.25, 0.3) is 5.91 Å². The number of benzene rings is 1. The summed E-state index contributed by atoms with van der Waals surface area (Å²) in [4.78, 5) is 11.8. The van der Waals surface area contributed by atoms with Gasteiger partial charge in [0.2, 0.25) is 0 Å². The van der Waals surface area contributed by atoms with Gasteiger partial charge >= 0.3 is 0 Å². The van der Waals surface area contributed by atoms with E-state index in [0.717, 1.165) is 0 Å². The highest BCUT2D eigenvalue weighted by Gasteiger charge is 2.12. The monoisotopic (exact) mass is 268 g/mol. The van der Waals surface area contributed by atoms with Crippen molar-refractivity contribution in [3.8, 4) is 0 Å². The van der Waals surface area contributed by atoms with Crippen molar-refractivity contribution in [2.45, 2.75) is 13.3 Å². The third kappa shape index (κ3) is 2.68. The van der Waals surface area contributed by atoms with Gasteiger partial charge in [0.15, 0.2) is 5.69 Å². The van der Waals surface area contributed by atoms with Crippen LogP contribution in [0.25, 0.3) is 0 Å². The maximum Gasteiger partial charge on any atom is 0.277 e. The number of anilines is 1. The predicted molar refractivity (Wildman–Crippen MR) is 65.2 cm³/mol. The zero-order chi connectivity index (χ0) is 13.1. The van der Waals surface area contributed by atoms with E-state index in [0.29, 0.717) is 17.9 Å². The fourth-order valence-electron chi connectivity index (χ4n) is 1.36. The minimum absolute atomic E-state index is 0.0535. The van der Waals surface area contributed by atoms with Crippen LogP contribution in [0.15, 0.2) is 28.8 Å². The maximum absolute atomic E-state index is 12.9. The van der Waals surface area contributed by atoms with E-state index >= 15 is 0 Å². The largest absolute Gasteiger partial charge is 0.361 e. The predicted octanol–water partition coefficient (Wildman–Crippen LogP) is 3.28. The van der Waals surface area contributed by atoms with Crippen LogP contribution in [-0.2, 0) is 6.42 Å². The van der Waals surface area contributed by atoms with Crippen molar-refractivity contribution in [3.05, 3.63) is 46.6 Å². The van der Waals surface area contributed by atoms with E-state index in [9.17, 15) is 9.18 Å². The molecule has 18 heavy (non-hydrogen) atoms. The molecule has 0 fully saturated rings. The first-order valence-corrected chi connectivity index (χ1v) is 5.70. The first-order chi connectivity index (χ1) is 8.60. The summed E-state index contributed by atoms with van der Waals surface area (Å²) >= 11 is 5.61. The lowest BCUT2D eigenvalue weighted by molar-refractivity contribution is 0.101. The van der Waals surface area contributed by atoms with Gasteiger partial charge in [-0.1, -0.05) is 23.7 Å². The second-order valence-corrected chi connectivity index (χ2v) is 4.02. The summed E-state index contributed by atoms with van der Waals surface area (Å²) in [6.07, 6.45) is 0.655. The van der Waals surface area contributed by atoms with E-state index < -0.39 is 11.7 Å². The van der Waals surface area contributed by atoms with Gasteiger partial charge < -0.3 is 9.84 Å². The zero-order valence-corrected chi connectivity index (χ0v) is 10.3. The van der Waals surface area contributed by atoms with Gasteiger partial charge in [-0.05, 0) is 18.2 Å². The van der Waals surface area contributed by atoms with Crippen LogP contribution in [0, 0.1) is 5.82 Å². The molecule has 1 heterocycles. The van der Waals surface area contributed by atoms with E-state index in [1.165, 1.54) is 18.2 Å². The molecular weight excluding hydrogens is 259 g/mol. The Kier molecular flexibility index (Phi) is 3.62. The maximum atomic E-state index is 12.9. The minimum Gasteiger partial charge on any atom is -0.361 e. The normalized spacial score (nSPS) is 10.4. The van der Waals surface area contributed by atoms with Gasteiger partial charge in [0, 0.05) is 18.2 Å². The molecule has 0 saturated heterocycles. The highest BCUT2D eigenvalue weighted by atomic mass is 35.5. The summed E-state index contributed by atoms with van der Waals surface area (Å²) in [5, 5.41) is 6.13. The lowest BCUT2D eigenvalue weighted by Crippen LogP contribution is -2.12. The number of amides is 1. The molecule has 0 unspecified atom stereocenters. The van der Waals surface area contributed by atoms with Crippen molar-refractivity contribution in [2.75, 3.05) is 5.32 Å². The minimum atomic E-state index is -0.538. The molecular formula is C12H10ClFN2O2. The van der Waals surface area contributed by atoms with Crippen molar-refractivity contribution >= 4 is 23.2 Å². The Bertz CT molecular complexity index is 583. The molecule has 0 radical (unpaired) electrons. The third-order valence-corrected chi connectivity index (χ3v) is 2.61. The lowest BCUT2D eigenvalue weighted by atomic mass is 10.2. The van der Waals surface area contributed by atoms with Crippen LogP contribution in [0.3, 0.4) is 0 Å². The zero-order valence-electron chi connectivity index (χ0n) is 9.54. The molecule has 6 heteroatoms. The van der Waals surface area contributed by atoms with E-state index in [1.807, 2.05) is 6.92 Å². The number of carbonyl (C=O) groups is 1. The highest BCUT2D eigenvalue weighted by molar-refractivity contribution is 6.31. The van der Waals surface area contributed by atoms with Crippen LogP contribution < -0.4 is 5.32 Å². The molecule has 0 aliphatic heterocycles. The van der Waals surface area contributed by atoms with Crippen molar-refractivity contribution in [1.29, 1.82) is 0 Å². The summed E-state index contributed by atoms with van der Waals surface area (Å²) in [5.74, 6) is -0.345. The van der Waals surface area contributed by atoms with Crippen molar-refractivity contribution in [3.63, 3.8) is 0 Å². The molecule has 4 nitrogen and oxygen atoms in total. The number of aromatic nitrogens is 1. The van der Waals surface area contributed by atoms with Crippen molar-refractivity contribution in [1.82, 2.24) is 5.16 Å². The number of carbonyl (C=O) groups excluding carboxylic acids is 1. The fraction of sp³-hybridized carbons (Fsp3) is 0.167. The molecule has 2 aromatic rings. The lowest BCUT2D eigenvalue weighted by Gasteiger charge is -2.03. The topological polar surface area (TPSA) is 55.1 Å². The molecule has 0 bridgehead atoms. The quantitative estimate of drug-likeness (QED) is 0.929. The van der Waals surface area contributed by atoms with E-state index in [4.69, 9.17) is 16.1 Å². The molecule has 0 aliphatic carbocycles. The number of nitrogens with one attached hydrogen (secondary N) is 1. The van der Waals surface area contributed by atoms with Gasteiger partial charge in [-0.2, -0.15) is 0 Å². The Labute approximate surface area is 108 Å². The first kappa shape index (κ1) is 12.6. The average molecular weight is 269 g/mol. The molecule has 0 aliphatic rings. The van der Waals surface area contributed by atoms with Crippen LogP contribution in [-0.4, -0.2) is 11.1 Å². The van der Waals surface area contributed by atoms with Crippen molar-refractivity contribution < 1.29 is 13.7 Å². The second-order valence-electron chi connectivity index (χ2n) is 3.62. The van der Waals surface area contributed by atoms with Crippen LogP contribution in [0.1, 0.15) is 23.2 Å². The number of nitrogens with zero attached hydrogens (tertiary/aromatic N) is 1. The SMILES string of the molecule is CCc1cc(C(=O)Nc2ccc(F)c(Cl)c2)no1. The Morgan fingerprint density at radius 3 is 2.89 bits per heavy atom. The summed E-state index contributed by atoms with van der Waals surface area (Å²) < 4.78 is 17.9. The number of hydrogen-bond donors (Lipinski definition) is 1. The Morgan fingerprint density at radius 2 is 2.28 bits per heavy atom. The molecule has 94 valence electrons. The number of aryl methyl sites for hydroxylation is 1.